The summed E-state index contributed by atoms with van der Waals surface area (Å²) in [5, 5.41) is 16.8. The van der Waals surface area contributed by atoms with E-state index in [1.165, 1.54) is 0 Å². The number of fused-ring (bicyclic) bond motifs is 10. The Morgan fingerprint density at radius 2 is 1.14 bits per heavy atom. The van der Waals surface area contributed by atoms with Gasteiger partial charge in [-0.1, -0.05) is 84.9 Å². The highest BCUT2D eigenvalue weighted by atomic mass is 16.3. The van der Waals surface area contributed by atoms with E-state index in [0.29, 0.717) is 22.6 Å². The van der Waals surface area contributed by atoms with Crippen molar-refractivity contribution in [1.82, 2.24) is 9.13 Å². The van der Waals surface area contributed by atoms with E-state index < -0.39 is 0 Å². The molecule has 0 N–H and O–H groups in total. The lowest BCUT2D eigenvalue weighted by molar-refractivity contribution is 0.673. The third kappa shape index (κ3) is 3.03. The predicted octanol–water partition coefficient (Wildman–Crippen LogP) is 10.2. The Hall–Kier alpha value is -6.30. The van der Waals surface area contributed by atoms with E-state index in [1.54, 1.807) is 12.1 Å². The monoisotopic (exact) mass is 548 g/mol. The van der Waals surface area contributed by atoms with Crippen molar-refractivity contribution in [3.8, 4) is 17.4 Å². The van der Waals surface area contributed by atoms with Gasteiger partial charge in [-0.3, -0.25) is 0 Å². The number of furan rings is 1. The van der Waals surface area contributed by atoms with Crippen LogP contribution in [0.4, 0.5) is 5.69 Å². The second kappa shape index (κ2) is 8.60. The minimum Gasteiger partial charge on any atom is -0.455 e. The predicted molar refractivity (Wildman–Crippen MR) is 173 cm³/mol. The number of nitriles is 1. The van der Waals surface area contributed by atoms with Crippen LogP contribution in [0.15, 0.2) is 126 Å². The Morgan fingerprint density at radius 1 is 0.558 bits per heavy atom. The van der Waals surface area contributed by atoms with Gasteiger partial charge in [0.25, 0.3) is 0 Å². The molecule has 0 spiro atoms. The van der Waals surface area contributed by atoms with Gasteiger partial charge in [0.2, 0.25) is 5.69 Å². The fraction of sp³-hybridized carbons (Fsp3) is 0. The van der Waals surface area contributed by atoms with Crippen LogP contribution >= 0.6 is 0 Å². The van der Waals surface area contributed by atoms with Gasteiger partial charge in [0, 0.05) is 26.9 Å². The van der Waals surface area contributed by atoms with Gasteiger partial charge in [-0.15, -0.1) is 0 Å². The van der Waals surface area contributed by atoms with E-state index in [0.717, 1.165) is 65.6 Å². The molecule has 0 atom stereocenters. The smallest absolute Gasteiger partial charge is 0.212 e. The third-order valence-electron chi connectivity index (χ3n) is 8.58. The van der Waals surface area contributed by atoms with E-state index in [-0.39, 0.29) is 0 Å². The van der Waals surface area contributed by atoms with Crippen molar-refractivity contribution in [2.75, 3.05) is 0 Å². The summed E-state index contributed by atoms with van der Waals surface area (Å²) in [6, 6.07) is 43.0. The second-order valence-corrected chi connectivity index (χ2v) is 10.7. The normalized spacial score (nSPS) is 11.7. The molecule has 0 unspecified atom stereocenters. The van der Waals surface area contributed by atoms with Crippen LogP contribution in [-0.4, -0.2) is 9.13 Å². The summed E-state index contributed by atoms with van der Waals surface area (Å²) in [5.74, 6) is 0. The number of para-hydroxylation sites is 4. The molecule has 0 bridgehead atoms. The molecule has 0 amide bonds. The Bertz CT molecular complexity index is 2650. The molecular formula is C38H20N4O. The molecule has 5 nitrogen and oxygen atoms in total. The lowest BCUT2D eigenvalue weighted by Gasteiger charge is -2.19. The van der Waals surface area contributed by atoms with E-state index in [9.17, 15) is 5.26 Å². The van der Waals surface area contributed by atoms with Crippen molar-refractivity contribution in [3.63, 3.8) is 0 Å². The molecule has 9 rings (SSSR count). The number of hydrogen-bond acceptors (Lipinski definition) is 2. The number of benzene rings is 6. The average Bonchev–Trinajstić information content (AvgIpc) is 3.71. The highest BCUT2D eigenvalue weighted by molar-refractivity contribution is 6.24. The standard InChI is InChI=1S/C38H20N4O/c1-40-29-20-18-23(22-39)36(41-30-14-6-2-10-24(30)25-11-3-7-15-31(25)41)37(29)42-32-16-8-4-13-28(32)35-33(42)21-19-27-26-12-5-9-17-34(26)43-38(27)35/h2-21H. The lowest BCUT2D eigenvalue weighted by Crippen LogP contribution is -2.06. The summed E-state index contributed by atoms with van der Waals surface area (Å²) < 4.78 is 10.8. The van der Waals surface area contributed by atoms with Crippen LogP contribution in [0.2, 0.25) is 0 Å². The summed E-state index contributed by atoms with van der Waals surface area (Å²) in [6.07, 6.45) is 0. The van der Waals surface area contributed by atoms with Crippen LogP contribution in [-0.2, 0) is 0 Å². The summed E-state index contributed by atoms with van der Waals surface area (Å²) in [5.41, 5.74) is 7.75. The summed E-state index contributed by atoms with van der Waals surface area (Å²) >= 11 is 0. The maximum atomic E-state index is 10.5. The van der Waals surface area contributed by atoms with Crippen LogP contribution in [0.25, 0.3) is 81.8 Å². The lowest BCUT2D eigenvalue weighted by atomic mass is 10.1. The highest BCUT2D eigenvalue weighted by Gasteiger charge is 2.25. The maximum absolute atomic E-state index is 10.5. The molecule has 0 aliphatic carbocycles. The summed E-state index contributed by atoms with van der Waals surface area (Å²) in [6.45, 7) is 8.28. The Labute approximate surface area is 245 Å². The van der Waals surface area contributed by atoms with Crippen LogP contribution in [0.3, 0.4) is 0 Å². The highest BCUT2D eigenvalue weighted by Crippen LogP contribution is 2.45. The molecule has 0 radical (unpaired) electrons. The molecule has 43 heavy (non-hydrogen) atoms. The van der Waals surface area contributed by atoms with Crippen molar-refractivity contribution in [3.05, 3.63) is 138 Å². The first-order valence-corrected chi connectivity index (χ1v) is 14.1. The minimum absolute atomic E-state index is 0.461. The van der Waals surface area contributed by atoms with Gasteiger partial charge in [0.1, 0.15) is 17.2 Å². The van der Waals surface area contributed by atoms with Crippen LogP contribution in [0.1, 0.15) is 5.56 Å². The molecule has 198 valence electrons. The first kappa shape index (κ1) is 23.4. The summed E-state index contributed by atoms with van der Waals surface area (Å²) in [7, 11) is 0. The zero-order valence-electron chi connectivity index (χ0n) is 22.7. The van der Waals surface area contributed by atoms with Gasteiger partial charge in [-0.05, 0) is 36.4 Å². The molecule has 0 aliphatic rings. The van der Waals surface area contributed by atoms with Gasteiger partial charge in [0.05, 0.1) is 51.0 Å². The largest absolute Gasteiger partial charge is 0.455 e. The van der Waals surface area contributed by atoms with Crippen LogP contribution in [0.5, 0.6) is 0 Å². The number of nitrogens with zero attached hydrogens (tertiary/aromatic N) is 4. The fourth-order valence-corrected chi connectivity index (χ4v) is 6.84. The third-order valence-corrected chi connectivity index (χ3v) is 8.58. The molecule has 9 aromatic rings. The SMILES string of the molecule is [C-]#[N+]c1ccc(C#N)c(-n2c3ccccc3c3ccccc32)c1-n1c2ccccc2c2c3oc4ccccc4c3ccc21. The first-order valence-electron chi connectivity index (χ1n) is 14.1. The van der Waals surface area contributed by atoms with E-state index in [4.69, 9.17) is 11.0 Å². The second-order valence-electron chi connectivity index (χ2n) is 10.7. The molecule has 0 aliphatic heterocycles. The van der Waals surface area contributed by atoms with E-state index in [1.807, 2.05) is 54.6 Å². The molecular weight excluding hydrogens is 528 g/mol. The minimum atomic E-state index is 0.461. The Kier molecular flexibility index (Phi) is 4.68. The van der Waals surface area contributed by atoms with Crippen molar-refractivity contribution >= 4 is 71.2 Å². The molecule has 3 heterocycles. The fourth-order valence-electron chi connectivity index (χ4n) is 6.84. The molecule has 0 saturated carbocycles. The maximum Gasteiger partial charge on any atom is 0.212 e. The molecule has 5 heteroatoms. The quantitative estimate of drug-likeness (QED) is 0.202. The summed E-state index contributed by atoms with van der Waals surface area (Å²) in [4.78, 5) is 4.03. The number of rotatable bonds is 2. The van der Waals surface area contributed by atoms with Crippen molar-refractivity contribution in [2.45, 2.75) is 0 Å². The number of aromatic nitrogens is 2. The van der Waals surface area contributed by atoms with Gasteiger partial charge >= 0.3 is 0 Å². The zero-order chi connectivity index (χ0) is 28.7. The van der Waals surface area contributed by atoms with Gasteiger partial charge in [-0.25, -0.2) is 4.85 Å². The van der Waals surface area contributed by atoms with Crippen molar-refractivity contribution < 1.29 is 4.42 Å². The van der Waals surface area contributed by atoms with Gasteiger partial charge in [0.15, 0.2) is 0 Å². The zero-order valence-corrected chi connectivity index (χ0v) is 22.7. The van der Waals surface area contributed by atoms with Crippen molar-refractivity contribution in [2.24, 2.45) is 0 Å². The Balaban J connectivity index is 1.52. The van der Waals surface area contributed by atoms with Gasteiger partial charge < -0.3 is 13.6 Å². The average molecular weight is 549 g/mol. The number of hydrogen-bond donors (Lipinski definition) is 0. The van der Waals surface area contributed by atoms with Crippen molar-refractivity contribution in [1.29, 1.82) is 5.26 Å². The Morgan fingerprint density at radius 3 is 1.81 bits per heavy atom. The topological polar surface area (TPSA) is 51.1 Å². The van der Waals surface area contributed by atoms with E-state index in [2.05, 4.69) is 74.6 Å². The molecule has 0 saturated heterocycles. The first-order chi connectivity index (χ1) is 21.3. The molecule has 0 fully saturated rings. The van der Waals surface area contributed by atoms with Gasteiger partial charge in [-0.2, -0.15) is 5.26 Å². The van der Waals surface area contributed by atoms with Crippen LogP contribution < -0.4 is 0 Å². The molecule has 3 aromatic heterocycles. The van der Waals surface area contributed by atoms with E-state index >= 15 is 0 Å². The molecule has 6 aromatic carbocycles. The van der Waals surface area contributed by atoms with Crippen LogP contribution in [0, 0.1) is 17.9 Å².